The van der Waals surface area contributed by atoms with E-state index in [0.29, 0.717) is 29.6 Å². The maximum atomic E-state index is 13.1. The van der Waals surface area contributed by atoms with Crippen LogP contribution in [-0.2, 0) is 16.1 Å². The standard InChI is InChI=1S/C18H24N2O3S/c1-11-15(10-21)20(3-4-23-2)17(24-11)19-16(22)18-8-12-5-13(9-18)7-14(18)6-12/h10,12-14H,3-9H2,1-2H3/b19-17-. The zero-order valence-electron chi connectivity index (χ0n) is 14.3. The summed E-state index contributed by atoms with van der Waals surface area (Å²) in [5.74, 6) is 2.06. The number of carbonyl (C=O) groups excluding carboxylic acids is 2. The Labute approximate surface area is 145 Å². The third-order valence-electron chi connectivity index (χ3n) is 6.37. The van der Waals surface area contributed by atoms with Gasteiger partial charge in [0.05, 0.1) is 17.7 Å². The summed E-state index contributed by atoms with van der Waals surface area (Å²) >= 11 is 1.43. The number of methoxy groups -OCH3 is 1. The van der Waals surface area contributed by atoms with Crippen molar-refractivity contribution >= 4 is 23.5 Å². The predicted molar refractivity (Wildman–Crippen MR) is 90.9 cm³/mol. The van der Waals surface area contributed by atoms with Gasteiger partial charge in [-0.1, -0.05) is 0 Å². The van der Waals surface area contributed by atoms with Gasteiger partial charge >= 0.3 is 0 Å². The first-order valence-electron chi connectivity index (χ1n) is 8.81. The first-order chi connectivity index (χ1) is 11.6. The summed E-state index contributed by atoms with van der Waals surface area (Å²) in [5, 5.41) is 0. The molecule has 0 saturated heterocycles. The molecular weight excluding hydrogens is 324 g/mol. The lowest BCUT2D eigenvalue weighted by Crippen LogP contribution is -2.33. The highest BCUT2D eigenvalue weighted by Gasteiger charge is 2.61. The molecule has 1 aromatic heterocycles. The number of aldehydes is 1. The molecule has 4 saturated carbocycles. The third kappa shape index (κ3) is 2.34. The minimum Gasteiger partial charge on any atom is -0.383 e. The highest BCUT2D eigenvalue weighted by molar-refractivity contribution is 7.09. The van der Waals surface area contributed by atoms with E-state index < -0.39 is 0 Å². The van der Waals surface area contributed by atoms with Gasteiger partial charge in [-0.25, -0.2) is 0 Å². The van der Waals surface area contributed by atoms with E-state index in [2.05, 4.69) is 4.99 Å². The first-order valence-corrected chi connectivity index (χ1v) is 9.62. The number of hydrogen-bond donors (Lipinski definition) is 0. The average molecular weight is 348 g/mol. The van der Waals surface area contributed by atoms with Crippen molar-refractivity contribution in [3.8, 4) is 0 Å². The molecule has 6 heteroatoms. The van der Waals surface area contributed by atoms with Crippen LogP contribution < -0.4 is 4.80 Å². The Balaban J connectivity index is 1.71. The largest absolute Gasteiger partial charge is 0.383 e. The number of carbonyl (C=O) groups is 2. The quantitative estimate of drug-likeness (QED) is 0.769. The molecule has 4 bridgehead atoms. The van der Waals surface area contributed by atoms with Gasteiger partial charge < -0.3 is 9.30 Å². The third-order valence-corrected chi connectivity index (χ3v) is 7.38. The number of rotatable bonds is 5. The van der Waals surface area contributed by atoms with E-state index >= 15 is 0 Å². The molecule has 1 amide bonds. The molecule has 4 fully saturated rings. The van der Waals surface area contributed by atoms with Crippen molar-refractivity contribution in [1.82, 2.24) is 4.57 Å². The number of ether oxygens (including phenoxy) is 1. The fraction of sp³-hybridized carbons (Fsp3) is 0.722. The first kappa shape index (κ1) is 16.2. The summed E-state index contributed by atoms with van der Waals surface area (Å²) in [6.45, 7) is 2.95. The number of nitrogens with zero attached hydrogens (tertiary/aromatic N) is 2. The zero-order valence-corrected chi connectivity index (χ0v) is 15.1. The van der Waals surface area contributed by atoms with Gasteiger partial charge in [0.1, 0.15) is 0 Å². The Bertz CT molecular complexity index is 734. The molecular formula is C18H24N2O3S. The van der Waals surface area contributed by atoms with Crippen molar-refractivity contribution in [3.05, 3.63) is 15.4 Å². The number of thiazole rings is 1. The lowest BCUT2D eigenvalue weighted by molar-refractivity contribution is -0.129. The smallest absolute Gasteiger partial charge is 0.254 e. The molecule has 5 nitrogen and oxygen atoms in total. The van der Waals surface area contributed by atoms with Gasteiger partial charge in [-0.05, 0) is 56.8 Å². The molecule has 0 aromatic carbocycles. The predicted octanol–water partition coefficient (Wildman–Crippen LogP) is 2.57. The van der Waals surface area contributed by atoms with Gasteiger partial charge in [-0.3, -0.25) is 9.59 Å². The van der Waals surface area contributed by atoms with Crippen LogP contribution in [0.25, 0.3) is 0 Å². The molecule has 2 atom stereocenters. The van der Waals surface area contributed by atoms with Gasteiger partial charge in [0.15, 0.2) is 11.1 Å². The summed E-state index contributed by atoms with van der Waals surface area (Å²) in [5.41, 5.74) is 0.407. The van der Waals surface area contributed by atoms with Crippen LogP contribution in [0.5, 0.6) is 0 Å². The van der Waals surface area contributed by atoms with Crippen LogP contribution in [0.4, 0.5) is 0 Å². The normalized spacial score (nSPS) is 34.2. The Morgan fingerprint density at radius 3 is 2.71 bits per heavy atom. The second kappa shape index (κ2) is 5.92. The maximum absolute atomic E-state index is 13.1. The Kier molecular flexibility index (Phi) is 4.00. The van der Waals surface area contributed by atoms with E-state index in [1.54, 1.807) is 7.11 Å². The molecule has 0 aliphatic heterocycles. The van der Waals surface area contributed by atoms with Gasteiger partial charge in [0.2, 0.25) is 0 Å². The summed E-state index contributed by atoms with van der Waals surface area (Å²) in [7, 11) is 1.63. The number of aromatic nitrogens is 1. The number of amides is 1. The minimum atomic E-state index is -0.202. The molecule has 24 heavy (non-hydrogen) atoms. The monoisotopic (exact) mass is 348 g/mol. The molecule has 2 unspecified atom stereocenters. The summed E-state index contributed by atoms with van der Waals surface area (Å²) < 4.78 is 6.98. The Morgan fingerprint density at radius 2 is 2.08 bits per heavy atom. The Morgan fingerprint density at radius 1 is 1.38 bits per heavy atom. The van der Waals surface area contributed by atoms with Crippen LogP contribution in [0.3, 0.4) is 0 Å². The number of hydrogen-bond acceptors (Lipinski definition) is 4. The lowest BCUT2D eigenvalue weighted by Gasteiger charge is -2.29. The van der Waals surface area contributed by atoms with E-state index in [1.165, 1.54) is 30.6 Å². The summed E-state index contributed by atoms with van der Waals surface area (Å²) in [4.78, 5) is 30.6. The highest BCUT2D eigenvalue weighted by atomic mass is 32.1. The van der Waals surface area contributed by atoms with E-state index in [0.717, 1.165) is 35.8 Å². The highest BCUT2D eigenvalue weighted by Crippen LogP contribution is 2.65. The minimum absolute atomic E-state index is 0.0575. The molecule has 1 aromatic rings. The molecule has 5 rings (SSSR count). The maximum Gasteiger partial charge on any atom is 0.254 e. The Hall–Kier alpha value is -1.27. The van der Waals surface area contributed by atoms with Crippen LogP contribution >= 0.6 is 11.3 Å². The van der Waals surface area contributed by atoms with Crippen molar-refractivity contribution in [2.75, 3.05) is 13.7 Å². The van der Waals surface area contributed by atoms with Crippen molar-refractivity contribution in [3.63, 3.8) is 0 Å². The summed E-state index contributed by atoms with van der Waals surface area (Å²) in [6, 6.07) is 0. The van der Waals surface area contributed by atoms with Crippen molar-refractivity contribution in [2.45, 2.75) is 45.6 Å². The van der Waals surface area contributed by atoms with E-state index in [4.69, 9.17) is 4.74 Å². The molecule has 1 heterocycles. The molecule has 130 valence electrons. The van der Waals surface area contributed by atoms with Gasteiger partial charge in [-0.15, -0.1) is 11.3 Å². The van der Waals surface area contributed by atoms with Crippen LogP contribution in [0.15, 0.2) is 4.99 Å². The average Bonchev–Trinajstić information content (AvgIpc) is 3.09. The van der Waals surface area contributed by atoms with Crippen LogP contribution in [-0.4, -0.2) is 30.5 Å². The fourth-order valence-electron chi connectivity index (χ4n) is 5.51. The number of aryl methyl sites for hydroxylation is 1. The zero-order chi connectivity index (χ0) is 16.9. The van der Waals surface area contributed by atoms with Gasteiger partial charge in [0, 0.05) is 18.5 Å². The van der Waals surface area contributed by atoms with Gasteiger partial charge in [0.25, 0.3) is 5.91 Å². The second-order valence-electron chi connectivity index (χ2n) is 7.71. The van der Waals surface area contributed by atoms with Crippen LogP contribution in [0, 0.1) is 30.1 Å². The molecule has 4 aliphatic rings. The van der Waals surface area contributed by atoms with Crippen molar-refractivity contribution in [1.29, 1.82) is 0 Å². The van der Waals surface area contributed by atoms with Crippen LogP contribution in [0.1, 0.15) is 47.5 Å². The second-order valence-corrected chi connectivity index (χ2v) is 8.89. The molecule has 0 radical (unpaired) electrons. The van der Waals surface area contributed by atoms with E-state index in [9.17, 15) is 9.59 Å². The topological polar surface area (TPSA) is 60.7 Å². The van der Waals surface area contributed by atoms with Gasteiger partial charge in [-0.2, -0.15) is 4.99 Å². The van der Waals surface area contributed by atoms with Crippen LogP contribution in [0.2, 0.25) is 0 Å². The van der Waals surface area contributed by atoms with Crippen molar-refractivity contribution in [2.24, 2.45) is 28.2 Å². The molecule has 4 aliphatic carbocycles. The summed E-state index contributed by atoms with van der Waals surface area (Å²) in [6.07, 6.45) is 6.65. The molecule has 0 N–H and O–H groups in total. The fourth-order valence-corrected chi connectivity index (χ4v) is 6.47. The van der Waals surface area contributed by atoms with Crippen molar-refractivity contribution < 1.29 is 14.3 Å². The molecule has 0 spiro atoms. The SMILES string of the molecule is COCCn1c(C=O)c(C)s/c1=N\C(=O)C12CC3CC(CC1C3)C2. The lowest BCUT2D eigenvalue weighted by atomic mass is 9.75. The van der Waals surface area contributed by atoms with E-state index in [1.807, 2.05) is 11.5 Å². The van der Waals surface area contributed by atoms with E-state index in [-0.39, 0.29) is 11.3 Å².